The summed E-state index contributed by atoms with van der Waals surface area (Å²) in [6, 6.07) is 0.424. The summed E-state index contributed by atoms with van der Waals surface area (Å²) in [5, 5.41) is 3.08. The highest BCUT2D eigenvalue weighted by atomic mass is 16.5. The second kappa shape index (κ2) is 4.78. The van der Waals surface area contributed by atoms with Crippen LogP contribution in [0.4, 0.5) is 0 Å². The molecule has 1 amide bonds. The summed E-state index contributed by atoms with van der Waals surface area (Å²) in [7, 11) is 0. The number of ether oxygens (including phenoxy) is 1. The maximum absolute atomic E-state index is 11.7. The van der Waals surface area contributed by atoms with Crippen LogP contribution in [0.25, 0.3) is 0 Å². The van der Waals surface area contributed by atoms with Gasteiger partial charge in [-0.25, -0.2) is 0 Å². The minimum atomic E-state index is -0.163. The van der Waals surface area contributed by atoms with Crippen LogP contribution in [0.3, 0.4) is 0 Å². The highest BCUT2D eigenvalue weighted by molar-refractivity contribution is 5.81. The van der Waals surface area contributed by atoms with E-state index >= 15 is 0 Å². The van der Waals surface area contributed by atoms with E-state index in [1.165, 1.54) is 12.8 Å². The number of nitrogens with one attached hydrogen (secondary N) is 1. The van der Waals surface area contributed by atoms with Gasteiger partial charge in [0, 0.05) is 12.6 Å². The summed E-state index contributed by atoms with van der Waals surface area (Å²) in [6.45, 7) is 0.753. The first-order valence-corrected chi connectivity index (χ1v) is 5.78. The molecular weight excluding hydrogens is 178 g/mol. The number of carbonyl (C=O) groups is 1. The SMILES string of the molecule is O=C(NC1CCCC1)C1CCCCO1. The summed E-state index contributed by atoms with van der Waals surface area (Å²) >= 11 is 0. The third-order valence-electron chi connectivity index (χ3n) is 3.17. The topological polar surface area (TPSA) is 38.3 Å². The minimum Gasteiger partial charge on any atom is -0.368 e. The van der Waals surface area contributed by atoms with Crippen molar-refractivity contribution in [3.63, 3.8) is 0 Å². The zero-order valence-electron chi connectivity index (χ0n) is 8.63. The first-order chi connectivity index (χ1) is 6.86. The van der Waals surface area contributed by atoms with Gasteiger partial charge in [-0.3, -0.25) is 4.79 Å². The predicted octanol–water partition coefficient (Wildman–Crippen LogP) is 1.61. The van der Waals surface area contributed by atoms with E-state index in [2.05, 4.69) is 5.32 Å². The summed E-state index contributed by atoms with van der Waals surface area (Å²) in [5.74, 6) is 0.122. The fourth-order valence-electron chi connectivity index (χ4n) is 2.31. The van der Waals surface area contributed by atoms with Crippen LogP contribution in [0.2, 0.25) is 0 Å². The van der Waals surface area contributed by atoms with Crippen molar-refractivity contribution in [3.8, 4) is 0 Å². The van der Waals surface area contributed by atoms with E-state index in [-0.39, 0.29) is 12.0 Å². The molecule has 0 spiro atoms. The van der Waals surface area contributed by atoms with Crippen molar-refractivity contribution in [2.75, 3.05) is 6.61 Å². The van der Waals surface area contributed by atoms with Crippen LogP contribution in [0.1, 0.15) is 44.9 Å². The molecule has 1 aliphatic carbocycles. The molecule has 1 atom stereocenters. The smallest absolute Gasteiger partial charge is 0.249 e. The van der Waals surface area contributed by atoms with Crippen molar-refractivity contribution in [3.05, 3.63) is 0 Å². The average Bonchev–Trinajstić information content (AvgIpc) is 2.72. The first-order valence-electron chi connectivity index (χ1n) is 5.78. The van der Waals surface area contributed by atoms with Crippen LogP contribution < -0.4 is 5.32 Å². The third-order valence-corrected chi connectivity index (χ3v) is 3.17. The Balaban J connectivity index is 1.75. The molecule has 1 heterocycles. The Morgan fingerprint density at radius 1 is 1.07 bits per heavy atom. The van der Waals surface area contributed by atoms with Gasteiger partial charge in [0.15, 0.2) is 0 Å². The Hall–Kier alpha value is -0.570. The third kappa shape index (κ3) is 2.47. The van der Waals surface area contributed by atoms with Crippen LogP contribution in [0.5, 0.6) is 0 Å². The highest BCUT2D eigenvalue weighted by Crippen LogP contribution is 2.19. The molecule has 1 saturated heterocycles. The summed E-state index contributed by atoms with van der Waals surface area (Å²) in [6.07, 6.45) is 7.79. The monoisotopic (exact) mass is 197 g/mol. The van der Waals surface area contributed by atoms with Crippen LogP contribution in [-0.2, 0) is 9.53 Å². The number of carbonyl (C=O) groups excluding carboxylic acids is 1. The largest absolute Gasteiger partial charge is 0.368 e. The summed E-state index contributed by atoms with van der Waals surface area (Å²) in [5.41, 5.74) is 0. The van der Waals surface area contributed by atoms with E-state index in [1.807, 2.05) is 0 Å². The Morgan fingerprint density at radius 3 is 2.43 bits per heavy atom. The molecular formula is C11H19NO2. The van der Waals surface area contributed by atoms with Gasteiger partial charge in [0.2, 0.25) is 5.91 Å². The summed E-state index contributed by atoms with van der Waals surface area (Å²) < 4.78 is 5.44. The molecule has 14 heavy (non-hydrogen) atoms. The molecule has 0 aromatic heterocycles. The van der Waals surface area contributed by atoms with Crippen molar-refractivity contribution in [2.24, 2.45) is 0 Å². The van der Waals surface area contributed by atoms with E-state index in [4.69, 9.17) is 4.74 Å². The van der Waals surface area contributed by atoms with E-state index in [9.17, 15) is 4.79 Å². The molecule has 2 fully saturated rings. The summed E-state index contributed by atoms with van der Waals surface area (Å²) in [4.78, 5) is 11.7. The molecule has 0 bridgehead atoms. The second-order valence-electron chi connectivity index (χ2n) is 4.35. The van der Waals surface area contributed by atoms with Gasteiger partial charge in [-0.2, -0.15) is 0 Å². The van der Waals surface area contributed by atoms with Gasteiger partial charge in [0.05, 0.1) is 0 Å². The van der Waals surface area contributed by atoms with Gasteiger partial charge in [-0.05, 0) is 32.1 Å². The van der Waals surface area contributed by atoms with Gasteiger partial charge in [0.25, 0.3) is 0 Å². The number of hydrogen-bond donors (Lipinski definition) is 1. The molecule has 80 valence electrons. The van der Waals surface area contributed by atoms with E-state index in [0.29, 0.717) is 6.04 Å². The van der Waals surface area contributed by atoms with Crippen LogP contribution in [-0.4, -0.2) is 24.7 Å². The minimum absolute atomic E-state index is 0.122. The highest BCUT2D eigenvalue weighted by Gasteiger charge is 2.25. The number of hydrogen-bond acceptors (Lipinski definition) is 2. The van der Waals surface area contributed by atoms with Crippen LogP contribution in [0.15, 0.2) is 0 Å². The Labute approximate surface area is 85.2 Å². The van der Waals surface area contributed by atoms with E-state index in [1.54, 1.807) is 0 Å². The number of amides is 1. The van der Waals surface area contributed by atoms with Crippen LogP contribution >= 0.6 is 0 Å². The van der Waals surface area contributed by atoms with Crippen molar-refractivity contribution in [2.45, 2.75) is 57.1 Å². The molecule has 2 aliphatic rings. The molecule has 0 aromatic carbocycles. The molecule has 3 heteroatoms. The fourth-order valence-corrected chi connectivity index (χ4v) is 2.31. The van der Waals surface area contributed by atoms with Gasteiger partial charge < -0.3 is 10.1 Å². The number of rotatable bonds is 2. The van der Waals surface area contributed by atoms with Crippen LogP contribution in [0, 0.1) is 0 Å². The van der Waals surface area contributed by atoms with Gasteiger partial charge >= 0.3 is 0 Å². The lowest BCUT2D eigenvalue weighted by molar-refractivity contribution is -0.136. The zero-order chi connectivity index (χ0) is 9.80. The predicted molar refractivity (Wildman–Crippen MR) is 54.0 cm³/mol. The molecule has 2 rings (SSSR count). The quantitative estimate of drug-likeness (QED) is 0.730. The average molecular weight is 197 g/mol. The maximum Gasteiger partial charge on any atom is 0.249 e. The molecule has 1 aliphatic heterocycles. The van der Waals surface area contributed by atoms with Gasteiger partial charge in [0.1, 0.15) is 6.10 Å². The first kappa shape index (κ1) is 9.97. The Bertz CT molecular complexity index is 193. The van der Waals surface area contributed by atoms with E-state index in [0.717, 1.165) is 38.7 Å². The lowest BCUT2D eigenvalue weighted by Crippen LogP contribution is -2.42. The Kier molecular flexibility index (Phi) is 3.40. The van der Waals surface area contributed by atoms with Crippen molar-refractivity contribution in [1.82, 2.24) is 5.32 Å². The lowest BCUT2D eigenvalue weighted by atomic mass is 10.1. The Morgan fingerprint density at radius 2 is 1.79 bits per heavy atom. The standard InChI is InChI=1S/C11H19NO2/c13-11(10-7-3-4-8-14-10)12-9-5-1-2-6-9/h9-10H,1-8H2,(H,12,13). The van der Waals surface area contributed by atoms with Gasteiger partial charge in [-0.1, -0.05) is 12.8 Å². The normalized spacial score (nSPS) is 29.0. The lowest BCUT2D eigenvalue weighted by Gasteiger charge is -2.23. The fraction of sp³-hybridized carbons (Fsp3) is 0.909. The molecule has 0 radical (unpaired) electrons. The molecule has 1 saturated carbocycles. The second-order valence-corrected chi connectivity index (χ2v) is 4.35. The van der Waals surface area contributed by atoms with Crippen molar-refractivity contribution >= 4 is 5.91 Å². The molecule has 3 nitrogen and oxygen atoms in total. The zero-order valence-corrected chi connectivity index (χ0v) is 8.63. The maximum atomic E-state index is 11.7. The van der Waals surface area contributed by atoms with Crippen molar-refractivity contribution in [1.29, 1.82) is 0 Å². The molecule has 1 N–H and O–H groups in total. The molecule has 0 aromatic rings. The van der Waals surface area contributed by atoms with E-state index < -0.39 is 0 Å². The molecule has 1 unspecified atom stereocenters. The van der Waals surface area contributed by atoms with Crippen molar-refractivity contribution < 1.29 is 9.53 Å². The van der Waals surface area contributed by atoms with Gasteiger partial charge in [-0.15, -0.1) is 0 Å².